The first-order chi connectivity index (χ1) is 12.7. The van der Waals surface area contributed by atoms with Crippen molar-refractivity contribution < 1.29 is 9.59 Å². The summed E-state index contributed by atoms with van der Waals surface area (Å²) in [7, 11) is 0. The monoisotopic (exact) mass is 366 g/mol. The van der Waals surface area contributed by atoms with Crippen molar-refractivity contribution in [3.05, 3.63) is 12.2 Å². The molecule has 0 radical (unpaired) electrons. The van der Waals surface area contributed by atoms with Crippen LogP contribution in [-0.4, -0.2) is 24.9 Å². The lowest BCUT2D eigenvalue weighted by atomic mass is 10.1. The first kappa shape index (κ1) is 24.7. The molecule has 26 heavy (non-hydrogen) atoms. The summed E-state index contributed by atoms with van der Waals surface area (Å²) in [6.45, 7) is 4.77. The normalized spacial score (nSPS) is 11.0. The van der Waals surface area contributed by atoms with Crippen LogP contribution >= 0.6 is 0 Å². The first-order valence-corrected chi connectivity index (χ1v) is 10.8. The van der Waals surface area contributed by atoms with E-state index >= 15 is 0 Å². The molecule has 0 heterocycles. The average molecular weight is 367 g/mol. The van der Waals surface area contributed by atoms with E-state index in [0.29, 0.717) is 19.5 Å². The molecule has 0 aliphatic rings. The van der Waals surface area contributed by atoms with Crippen LogP contribution in [0.15, 0.2) is 12.2 Å². The Morgan fingerprint density at radius 2 is 1.19 bits per heavy atom. The van der Waals surface area contributed by atoms with Gasteiger partial charge in [0.25, 0.3) is 0 Å². The van der Waals surface area contributed by atoms with Gasteiger partial charge in [-0.1, -0.05) is 70.4 Å². The van der Waals surface area contributed by atoms with Crippen molar-refractivity contribution in [2.45, 2.75) is 104 Å². The fraction of sp³-hybridized carbons (Fsp3) is 0.818. The quantitative estimate of drug-likeness (QED) is 0.256. The highest BCUT2D eigenvalue weighted by Crippen LogP contribution is 2.09. The number of rotatable bonds is 18. The van der Waals surface area contributed by atoms with E-state index in [-0.39, 0.29) is 11.8 Å². The van der Waals surface area contributed by atoms with Gasteiger partial charge >= 0.3 is 0 Å². The second-order valence-electron chi connectivity index (χ2n) is 7.17. The number of carbonyl (C=O) groups is 2. The smallest absolute Gasteiger partial charge is 0.220 e. The Morgan fingerprint density at radius 3 is 1.77 bits per heavy atom. The molecule has 4 heteroatoms. The van der Waals surface area contributed by atoms with Gasteiger partial charge in [-0.25, -0.2) is 0 Å². The van der Waals surface area contributed by atoms with Gasteiger partial charge in [0.05, 0.1) is 0 Å². The zero-order valence-electron chi connectivity index (χ0n) is 17.3. The van der Waals surface area contributed by atoms with E-state index in [4.69, 9.17) is 0 Å². The van der Waals surface area contributed by atoms with E-state index in [2.05, 4.69) is 29.7 Å². The van der Waals surface area contributed by atoms with Crippen LogP contribution in [0, 0.1) is 0 Å². The van der Waals surface area contributed by atoms with Crippen molar-refractivity contribution in [2.75, 3.05) is 13.1 Å². The molecule has 0 atom stereocenters. The molecule has 0 bridgehead atoms. The maximum Gasteiger partial charge on any atom is 0.220 e. The topological polar surface area (TPSA) is 58.2 Å². The third-order valence-electron chi connectivity index (χ3n) is 4.49. The van der Waals surface area contributed by atoms with Crippen molar-refractivity contribution in [1.29, 1.82) is 0 Å². The Balaban J connectivity index is 3.22. The van der Waals surface area contributed by atoms with E-state index in [1.54, 1.807) is 0 Å². The average Bonchev–Trinajstić information content (AvgIpc) is 2.62. The molecular formula is C22H42N2O2. The van der Waals surface area contributed by atoms with Gasteiger partial charge < -0.3 is 10.6 Å². The van der Waals surface area contributed by atoms with Crippen LogP contribution < -0.4 is 10.6 Å². The number of allylic oxidation sites excluding steroid dienone is 2. The number of carbonyl (C=O) groups excluding carboxylic acids is 2. The summed E-state index contributed by atoms with van der Waals surface area (Å²) in [5.74, 6) is 0.0319. The molecular weight excluding hydrogens is 324 g/mol. The van der Waals surface area contributed by atoms with Crippen molar-refractivity contribution in [3.8, 4) is 0 Å². The van der Waals surface area contributed by atoms with Gasteiger partial charge in [0, 0.05) is 26.4 Å². The van der Waals surface area contributed by atoms with E-state index in [1.807, 2.05) is 0 Å². The fourth-order valence-corrected chi connectivity index (χ4v) is 2.89. The minimum Gasteiger partial charge on any atom is -0.355 e. The maximum atomic E-state index is 11.6. The summed E-state index contributed by atoms with van der Waals surface area (Å²) in [5.41, 5.74) is 0. The van der Waals surface area contributed by atoms with Gasteiger partial charge in [-0.15, -0.1) is 0 Å². The molecule has 0 spiro atoms. The molecule has 2 N–H and O–H groups in total. The lowest BCUT2D eigenvalue weighted by molar-refractivity contribution is -0.122. The third-order valence-corrected chi connectivity index (χ3v) is 4.49. The molecule has 0 aromatic heterocycles. The Bertz CT molecular complexity index is 367. The standard InChI is InChI=1S/C22H42N2O2/c1-3-4-5-6-7-8-9-10-11-12-13-14-15-16-17-18-22(26)24-20-19-23-21(2)25/h10-11H,3-9,12-20H2,1-2H3,(H,23,25)(H,24,26). The second-order valence-corrected chi connectivity index (χ2v) is 7.17. The van der Waals surface area contributed by atoms with Crippen LogP contribution in [0.2, 0.25) is 0 Å². The molecule has 0 aliphatic carbocycles. The Morgan fingerprint density at radius 1 is 0.692 bits per heavy atom. The van der Waals surface area contributed by atoms with Crippen LogP contribution in [0.25, 0.3) is 0 Å². The highest BCUT2D eigenvalue weighted by atomic mass is 16.2. The number of nitrogens with one attached hydrogen (secondary N) is 2. The zero-order chi connectivity index (χ0) is 19.3. The predicted molar refractivity (Wildman–Crippen MR) is 111 cm³/mol. The minimum absolute atomic E-state index is 0.0588. The van der Waals surface area contributed by atoms with E-state index in [1.165, 1.54) is 77.6 Å². The summed E-state index contributed by atoms with van der Waals surface area (Å²) < 4.78 is 0. The Hall–Kier alpha value is -1.32. The molecule has 0 aromatic rings. The van der Waals surface area contributed by atoms with Gasteiger partial charge in [0.1, 0.15) is 0 Å². The number of amides is 2. The lowest BCUT2D eigenvalue weighted by Crippen LogP contribution is -2.33. The van der Waals surface area contributed by atoms with Crippen molar-refractivity contribution >= 4 is 11.8 Å². The summed E-state index contributed by atoms with van der Waals surface area (Å²) in [6.07, 6.45) is 21.8. The SMILES string of the molecule is CCCCCCCCC=CCCCCCCCC(=O)NCCNC(C)=O. The number of hydrogen-bond donors (Lipinski definition) is 2. The highest BCUT2D eigenvalue weighted by Gasteiger charge is 2.00. The second kappa shape index (κ2) is 20.0. The summed E-state index contributed by atoms with van der Waals surface area (Å²) >= 11 is 0. The number of unbranched alkanes of at least 4 members (excludes halogenated alkanes) is 11. The van der Waals surface area contributed by atoms with Crippen LogP contribution in [0.1, 0.15) is 104 Å². The maximum absolute atomic E-state index is 11.6. The van der Waals surface area contributed by atoms with Gasteiger partial charge in [-0.2, -0.15) is 0 Å². The van der Waals surface area contributed by atoms with Crippen molar-refractivity contribution in [3.63, 3.8) is 0 Å². The van der Waals surface area contributed by atoms with Crippen LogP contribution in [0.5, 0.6) is 0 Å². The molecule has 0 unspecified atom stereocenters. The van der Waals surface area contributed by atoms with Gasteiger partial charge in [0.15, 0.2) is 0 Å². The molecule has 4 nitrogen and oxygen atoms in total. The number of hydrogen-bond acceptors (Lipinski definition) is 2. The van der Waals surface area contributed by atoms with Crippen LogP contribution in [0.4, 0.5) is 0 Å². The first-order valence-electron chi connectivity index (χ1n) is 10.8. The fourth-order valence-electron chi connectivity index (χ4n) is 2.89. The Labute approximate surface area is 161 Å². The summed E-state index contributed by atoms with van der Waals surface area (Å²) in [5, 5.41) is 5.49. The molecule has 0 aromatic carbocycles. The molecule has 0 rings (SSSR count). The summed E-state index contributed by atoms with van der Waals surface area (Å²) in [4.78, 5) is 22.3. The van der Waals surface area contributed by atoms with E-state index in [9.17, 15) is 9.59 Å². The largest absolute Gasteiger partial charge is 0.355 e. The van der Waals surface area contributed by atoms with Gasteiger partial charge in [-0.3, -0.25) is 9.59 Å². The summed E-state index contributed by atoms with van der Waals surface area (Å²) in [6, 6.07) is 0. The zero-order valence-corrected chi connectivity index (χ0v) is 17.3. The molecule has 0 saturated carbocycles. The minimum atomic E-state index is -0.0588. The molecule has 152 valence electrons. The highest BCUT2D eigenvalue weighted by molar-refractivity contribution is 5.76. The van der Waals surface area contributed by atoms with Crippen molar-refractivity contribution in [2.24, 2.45) is 0 Å². The van der Waals surface area contributed by atoms with Gasteiger partial charge in [0.2, 0.25) is 11.8 Å². The van der Waals surface area contributed by atoms with Crippen molar-refractivity contribution in [1.82, 2.24) is 10.6 Å². The molecule has 0 aliphatic heterocycles. The third kappa shape index (κ3) is 20.7. The lowest BCUT2D eigenvalue weighted by Gasteiger charge is -2.05. The Kier molecular flexibility index (Phi) is 19.0. The van der Waals surface area contributed by atoms with Crippen LogP contribution in [0.3, 0.4) is 0 Å². The molecule has 0 fully saturated rings. The van der Waals surface area contributed by atoms with Gasteiger partial charge in [-0.05, 0) is 32.1 Å². The van der Waals surface area contributed by atoms with E-state index in [0.717, 1.165) is 12.8 Å². The molecule has 0 saturated heterocycles. The van der Waals surface area contributed by atoms with E-state index < -0.39 is 0 Å². The predicted octanol–water partition coefficient (Wildman–Crippen LogP) is 5.28. The molecule has 2 amide bonds. The van der Waals surface area contributed by atoms with Crippen LogP contribution in [-0.2, 0) is 9.59 Å².